The van der Waals surface area contributed by atoms with Crippen molar-refractivity contribution in [3.05, 3.63) is 81.1 Å². The molecule has 0 fully saturated rings. The highest BCUT2D eigenvalue weighted by atomic mass is 32.1. The van der Waals surface area contributed by atoms with Gasteiger partial charge in [0.25, 0.3) is 11.8 Å². The van der Waals surface area contributed by atoms with E-state index in [0.717, 1.165) is 17.0 Å². The zero-order valence-electron chi connectivity index (χ0n) is 15.2. The smallest absolute Gasteiger partial charge is 0.275 e. The van der Waals surface area contributed by atoms with Crippen molar-refractivity contribution in [2.75, 3.05) is 11.9 Å². The average Bonchev–Trinajstić information content (AvgIpc) is 3.13. The van der Waals surface area contributed by atoms with Crippen molar-refractivity contribution in [1.82, 2.24) is 9.88 Å². The Balaban J connectivity index is 1.53. The first-order valence-corrected chi connectivity index (χ1v) is 9.78. The van der Waals surface area contributed by atoms with E-state index in [0.29, 0.717) is 13.1 Å². The van der Waals surface area contributed by atoms with Gasteiger partial charge in [0.1, 0.15) is 11.5 Å². The molecule has 0 atom stereocenters. The van der Waals surface area contributed by atoms with Gasteiger partial charge in [-0.15, -0.1) is 11.3 Å². The van der Waals surface area contributed by atoms with Gasteiger partial charge in [-0.1, -0.05) is 24.3 Å². The highest BCUT2D eigenvalue weighted by Gasteiger charge is 2.22. The minimum absolute atomic E-state index is 0.212. The summed E-state index contributed by atoms with van der Waals surface area (Å²) < 4.78 is 14.1. The van der Waals surface area contributed by atoms with Crippen LogP contribution in [-0.2, 0) is 13.0 Å². The second-order valence-corrected chi connectivity index (χ2v) is 7.74. The van der Waals surface area contributed by atoms with Crippen LogP contribution >= 0.6 is 11.3 Å². The van der Waals surface area contributed by atoms with Gasteiger partial charge in [0, 0.05) is 29.7 Å². The number of fused-ring (bicyclic) bond motifs is 1. The number of anilines is 1. The van der Waals surface area contributed by atoms with Gasteiger partial charge in [-0.25, -0.2) is 9.37 Å². The maximum Gasteiger partial charge on any atom is 0.275 e. The maximum absolute atomic E-state index is 14.1. The van der Waals surface area contributed by atoms with Gasteiger partial charge in [-0.3, -0.25) is 9.59 Å². The van der Waals surface area contributed by atoms with Crippen molar-refractivity contribution < 1.29 is 14.0 Å². The van der Waals surface area contributed by atoms with E-state index >= 15 is 0 Å². The van der Waals surface area contributed by atoms with Crippen molar-refractivity contribution >= 4 is 28.8 Å². The standard InChI is InChI=1S/C21H18FN3O2S/c1-13-23-19(12-28-13)20(26)24-18-9-16(8-17(22)10-18)21(27)25-7-6-14-4-2-3-5-15(14)11-25/h2-5,8-10,12H,6-7,11H2,1H3,(H,24,26). The summed E-state index contributed by atoms with van der Waals surface area (Å²) in [6, 6.07) is 11.9. The second-order valence-electron chi connectivity index (χ2n) is 6.68. The molecule has 4 rings (SSSR count). The summed E-state index contributed by atoms with van der Waals surface area (Å²) >= 11 is 1.36. The van der Waals surface area contributed by atoms with Crippen LogP contribution in [0.5, 0.6) is 0 Å². The van der Waals surface area contributed by atoms with Crippen molar-refractivity contribution in [2.24, 2.45) is 0 Å². The molecule has 0 aliphatic carbocycles. The van der Waals surface area contributed by atoms with Crippen LogP contribution in [0, 0.1) is 12.7 Å². The Morgan fingerprint density at radius 2 is 1.96 bits per heavy atom. The molecule has 0 saturated carbocycles. The molecule has 3 aromatic rings. The fourth-order valence-corrected chi connectivity index (χ4v) is 3.89. The molecular weight excluding hydrogens is 377 g/mol. The van der Waals surface area contributed by atoms with Crippen molar-refractivity contribution in [2.45, 2.75) is 19.9 Å². The van der Waals surface area contributed by atoms with Crippen molar-refractivity contribution in [3.63, 3.8) is 0 Å². The number of rotatable bonds is 3. The lowest BCUT2D eigenvalue weighted by Gasteiger charge is -2.29. The van der Waals surface area contributed by atoms with Gasteiger partial charge in [0.05, 0.1) is 5.01 Å². The molecule has 1 N–H and O–H groups in total. The van der Waals surface area contributed by atoms with Gasteiger partial charge >= 0.3 is 0 Å². The van der Waals surface area contributed by atoms with Crippen LogP contribution in [0.15, 0.2) is 47.8 Å². The third-order valence-corrected chi connectivity index (χ3v) is 5.45. The Bertz CT molecular complexity index is 1060. The summed E-state index contributed by atoms with van der Waals surface area (Å²) in [5, 5.41) is 5.03. The molecule has 7 heteroatoms. The highest BCUT2D eigenvalue weighted by molar-refractivity contribution is 7.09. The molecule has 28 heavy (non-hydrogen) atoms. The molecule has 2 amide bonds. The van der Waals surface area contributed by atoms with Crippen LogP contribution in [-0.4, -0.2) is 28.2 Å². The molecule has 0 saturated heterocycles. The predicted octanol–water partition coefficient (Wildman–Crippen LogP) is 4.04. The van der Waals surface area contributed by atoms with E-state index in [2.05, 4.69) is 16.4 Å². The van der Waals surface area contributed by atoms with Crippen LogP contribution in [0.2, 0.25) is 0 Å². The fraction of sp³-hybridized carbons (Fsp3) is 0.190. The Morgan fingerprint density at radius 1 is 1.18 bits per heavy atom. The van der Waals surface area contributed by atoms with Crippen LogP contribution < -0.4 is 5.32 Å². The number of aromatic nitrogens is 1. The average molecular weight is 395 g/mol. The minimum Gasteiger partial charge on any atom is -0.334 e. The number of thiazole rings is 1. The SMILES string of the molecule is Cc1nc(C(=O)Nc2cc(F)cc(C(=O)N3CCc4ccccc4C3)c2)cs1. The van der Waals surface area contributed by atoms with E-state index < -0.39 is 11.7 Å². The van der Waals surface area contributed by atoms with E-state index in [1.54, 1.807) is 17.2 Å². The summed E-state index contributed by atoms with van der Waals surface area (Å²) in [6.45, 7) is 2.87. The first-order chi connectivity index (χ1) is 13.5. The Kier molecular flexibility index (Phi) is 4.92. The minimum atomic E-state index is -0.576. The lowest BCUT2D eigenvalue weighted by atomic mass is 9.99. The molecule has 1 aromatic heterocycles. The molecule has 0 radical (unpaired) electrons. The highest BCUT2D eigenvalue weighted by Crippen LogP contribution is 2.22. The maximum atomic E-state index is 14.1. The Labute approximate surface area is 165 Å². The molecular formula is C21H18FN3O2S. The summed E-state index contributed by atoms with van der Waals surface area (Å²) in [4.78, 5) is 31.0. The molecule has 5 nitrogen and oxygen atoms in total. The number of aryl methyl sites for hydroxylation is 1. The first kappa shape index (κ1) is 18.3. The third kappa shape index (κ3) is 3.80. The van der Waals surface area contributed by atoms with Gasteiger partial charge in [0.15, 0.2) is 0 Å². The summed E-state index contributed by atoms with van der Waals surface area (Å²) in [5.74, 6) is -1.26. The van der Waals surface area contributed by atoms with Crippen molar-refractivity contribution in [1.29, 1.82) is 0 Å². The number of nitrogens with one attached hydrogen (secondary N) is 1. The Hall–Kier alpha value is -3.06. The quantitative estimate of drug-likeness (QED) is 0.728. The fourth-order valence-electron chi connectivity index (χ4n) is 3.30. The number of amides is 2. The van der Waals surface area contributed by atoms with E-state index in [1.807, 2.05) is 18.2 Å². The second kappa shape index (κ2) is 7.52. The van der Waals surface area contributed by atoms with Crippen molar-refractivity contribution in [3.8, 4) is 0 Å². The number of hydrogen-bond donors (Lipinski definition) is 1. The third-order valence-electron chi connectivity index (χ3n) is 4.67. The van der Waals surface area contributed by atoms with Gasteiger partial charge < -0.3 is 10.2 Å². The summed E-state index contributed by atoms with van der Waals surface area (Å²) in [6.07, 6.45) is 0.768. The number of hydrogen-bond acceptors (Lipinski definition) is 4. The molecule has 0 spiro atoms. The van der Waals surface area contributed by atoms with Crippen LogP contribution in [0.4, 0.5) is 10.1 Å². The lowest BCUT2D eigenvalue weighted by Crippen LogP contribution is -2.36. The predicted molar refractivity (Wildman–Crippen MR) is 106 cm³/mol. The number of carbonyl (C=O) groups is 2. The molecule has 1 aliphatic heterocycles. The molecule has 0 bridgehead atoms. The normalized spacial score (nSPS) is 13.1. The zero-order valence-corrected chi connectivity index (χ0v) is 16.1. The van der Waals surface area contributed by atoms with Gasteiger partial charge in [-0.2, -0.15) is 0 Å². The molecule has 0 unspecified atom stereocenters. The number of benzene rings is 2. The van der Waals surface area contributed by atoms with Gasteiger partial charge in [-0.05, 0) is 42.7 Å². The topological polar surface area (TPSA) is 62.3 Å². The zero-order chi connectivity index (χ0) is 19.7. The first-order valence-electron chi connectivity index (χ1n) is 8.90. The molecule has 2 aromatic carbocycles. The lowest BCUT2D eigenvalue weighted by molar-refractivity contribution is 0.0734. The van der Waals surface area contributed by atoms with Gasteiger partial charge in [0.2, 0.25) is 0 Å². The van der Waals surface area contributed by atoms with Crippen LogP contribution in [0.25, 0.3) is 0 Å². The summed E-state index contributed by atoms with van der Waals surface area (Å²) in [5.41, 5.74) is 3.05. The van der Waals surface area contributed by atoms with Crippen LogP contribution in [0.3, 0.4) is 0 Å². The van der Waals surface area contributed by atoms with Crippen LogP contribution in [0.1, 0.15) is 37.0 Å². The number of halogens is 1. The Morgan fingerprint density at radius 3 is 2.71 bits per heavy atom. The number of carbonyl (C=O) groups excluding carboxylic acids is 2. The molecule has 2 heterocycles. The monoisotopic (exact) mass is 395 g/mol. The van der Waals surface area contributed by atoms with E-state index in [9.17, 15) is 14.0 Å². The van der Waals surface area contributed by atoms with E-state index in [-0.39, 0.29) is 22.9 Å². The van der Waals surface area contributed by atoms with E-state index in [1.165, 1.54) is 35.1 Å². The largest absolute Gasteiger partial charge is 0.334 e. The number of nitrogens with zero attached hydrogens (tertiary/aromatic N) is 2. The van der Waals surface area contributed by atoms with E-state index in [4.69, 9.17) is 0 Å². The summed E-state index contributed by atoms with van der Waals surface area (Å²) in [7, 11) is 0. The molecule has 142 valence electrons. The molecule has 1 aliphatic rings.